The minimum atomic E-state index is -0.179. The van der Waals surface area contributed by atoms with Crippen LogP contribution in [0.3, 0.4) is 0 Å². The van der Waals surface area contributed by atoms with Gasteiger partial charge in [0.15, 0.2) is 0 Å². The van der Waals surface area contributed by atoms with Crippen LogP contribution in [0.4, 0.5) is 10.5 Å². The Morgan fingerprint density at radius 1 is 1.41 bits per heavy atom. The SMILES string of the molecule is O=C(NCC1CCCO1)Nc1ccc(I)cc1. The summed E-state index contributed by atoms with van der Waals surface area (Å²) in [6, 6.07) is 7.49. The van der Waals surface area contributed by atoms with E-state index in [1.807, 2.05) is 24.3 Å². The molecule has 1 aromatic rings. The molecule has 1 atom stereocenters. The van der Waals surface area contributed by atoms with Crippen molar-refractivity contribution in [3.8, 4) is 0 Å². The van der Waals surface area contributed by atoms with E-state index >= 15 is 0 Å². The molecule has 1 heterocycles. The number of urea groups is 1. The van der Waals surface area contributed by atoms with E-state index in [0.717, 1.165) is 28.7 Å². The molecule has 0 bridgehead atoms. The van der Waals surface area contributed by atoms with Crippen molar-refractivity contribution in [2.24, 2.45) is 0 Å². The number of halogens is 1. The van der Waals surface area contributed by atoms with Crippen molar-refractivity contribution < 1.29 is 9.53 Å². The number of anilines is 1. The number of nitrogens with one attached hydrogen (secondary N) is 2. The summed E-state index contributed by atoms with van der Waals surface area (Å²) in [5.41, 5.74) is 0.801. The van der Waals surface area contributed by atoms with Gasteiger partial charge in [0.05, 0.1) is 6.10 Å². The molecule has 4 nitrogen and oxygen atoms in total. The minimum absolute atomic E-state index is 0.178. The van der Waals surface area contributed by atoms with Crippen LogP contribution in [0.15, 0.2) is 24.3 Å². The van der Waals surface area contributed by atoms with E-state index in [0.29, 0.717) is 6.54 Å². The quantitative estimate of drug-likeness (QED) is 0.827. The Morgan fingerprint density at radius 2 is 2.18 bits per heavy atom. The summed E-state index contributed by atoms with van der Waals surface area (Å²) in [5.74, 6) is 0. The predicted octanol–water partition coefficient (Wildman–Crippen LogP) is 2.59. The maximum Gasteiger partial charge on any atom is 0.319 e. The maximum absolute atomic E-state index is 11.6. The summed E-state index contributed by atoms with van der Waals surface area (Å²) in [6.45, 7) is 1.39. The number of rotatable bonds is 3. The third-order valence-electron chi connectivity index (χ3n) is 2.62. The Bertz CT molecular complexity index is 375. The molecule has 1 fully saturated rings. The van der Waals surface area contributed by atoms with Gasteiger partial charge < -0.3 is 15.4 Å². The van der Waals surface area contributed by atoms with Gasteiger partial charge in [0.25, 0.3) is 0 Å². The smallest absolute Gasteiger partial charge is 0.319 e. The lowest BCUT2D eigenvalue weighted by Gasteiger charge is -2.11. The van der Waals surface area contributed by atoms with Gasteiger partial charge in [0.1, 0.15) is 0 Å². The van der Waals surface area contributed by atoms with Gasteiger partial charge in [-0.05, 0) is 59.7 Å². The van der Waals surface area contributed by atoms with E-state index in [4.69, 9.17) is 4.74 Å². The summed E-state index contributed by atoms with van der Waals surface area (Å²) in [6.07, 6.45) is 2.30. The van der Waals surface area contributed by atoms with Crippen LogP contribution < -0.4 is 10.6 Å². The second-order valence-electron chi connectivity index (χ2n) is 3.98. The Kier molecular flexibility index (Phi) is 4.61. The summed E-state index contributed by atoms with van der Waals surface area (Å²) in [4.78, 5) is 11.6. The van der Waals surface area contributed by atoms with Crippen molar-refractivity contribution in [3.63, 3.8) is 0 Å². The van der Waals surface area contributed by atoms with Crippen molar-refractivity contribution >= 4 is 34.3 Å². The maximum atomic E-state index is 11.6. The average molecular weight is 346 g/mol. The number of hydrogen-bond donors (Lipinski definition) is 2. The molecule has 0 aromatic heterocycles. The number of amides is 2. The lowest BCUT2D eigenvalue weighted by molar-refractivity contribution is 0.112. The Labute approximate surface area is 114 Å². The highest BCUT2D eigenvalue weighted by atomic mass is 127. The third kappa shape index (κ3) is 4.16. The zero-order chi connectivity index (χ0) is 12.1. The fourth-order valence-electron chi connectivity index (χ4n) is 1.72. The molecule has 1 unspecified atom stereocenters. The molecule has 0 spiro atoms. The molecule has 1 aliphatic rings. The van der Waals surface area contributed by atoms with E-state index in [9.17, 15) is 4.79 Å². The van der Waals surface area contributed by atoms with E-state index in [-0.39, 0.29) is 12.1 Å². The van der Waals surface area contributed by atoms with Crippen molar-refractivity contribution in [2.45, 2.75) is 18.9 Å². The minimum Gasteiger partial charge on any atom is -0.376 e. The summed E-state index contributed by atoms with van der Waals surface area (Å²) in [7, 11) is 0. The van der Waals surface area contributed by atoms with Crippen LogP contribution in [-0.2, 0) is 4.74 Å². The van der Waals surface area contributed by atoms with Crippen molar-refractivity contribution in [1.82, 2.24) is 5.32 Å². The van der Waals surface area contributed by atoms with E-state index in [1.165, 1.54) is 0 Å². The fraction of sp³-hybridized carbons (Fsp3) is 0.417. The van der Waals surface area contributed by atoms with Crippen LogP contribution in [0, 0.1) is 3.57 Å². The zero-order valence-electron chi connectivity index (χ0n) is 9.41. The van der Waals surface area contributed by atoms with Gasteiger partial charge in [-0.2, -0.15) is 0 Å². The molecule has 0 saturated carbocycles. The lowest BCUT2D eigenvalue weighted by atomic mass is 10.2. The van der Waals surface area contributed by atoms with Crippen molar-refractivity contribution in [1.29, 1.82) is 0 Å². The number of benzene rings is 1. The van der Waals surface area contributed by atoms with Crippen LogP contribution in [0.25, 0.3) is 0 Å². The molecule has 17 heavy (non-hydrogen) atoms. The Hall–Kier alpha value is -0.820. The van der Waals surface area contributed by atoms with Crippen molar-refractivity contribution in [2.75, 3.05) is 18.5 Å². The van der Waals surface area contributed by atoms with Gasteiger partial charge >= 0.3 is 6.03 Å². The van der Waals surface area contributed by atoms with Gasteiger partial charge in [-0.15, -0.1) is 0 Å². The lowest BCUT2D eigenvalue weighted by Crippen LogP contribution is -2.34. The van der Waals surface area contributed by atoms with Crippen molar-refractivity contribution in [3.05, 3.63) is 27.8 Å². The summed E-state index contributed by atoms with van der Waals surface area (Å²) >= 11 is 2.23. The fourth-order valence-corrected chi connectivity index (χ4v) is 2.08. The number of ether oxygens (including phenoxy) is 1. The van der Waals surface area contributed by atoms with Crippen LogP contribution in [0.5, 0.6) is 0 Å². The number of hydrogen-bond acceptors (Lipinski definition) is 2. The molecule has 2 amide bonds. The monoisotopic (exact) mass is 346 g/mol. The topological polar surface area (TPSA) is 50.4 Å². The molecule has 5 heteroatoms. The first-order chi connectivity index (χ1) is 8.24. The second-order valence-corrected chi connectivity index (χ2v) is 5.22. The molecule has 0 radical (unpaired) electrons. The van der Waals surface area contributed by atoms with Gasteiger partial charge in [0, 0.05) is 22.4 Å². The number of carbonyl (C=O) groups is 1. The molecule has 2 N–H and O–H groups in total. The van der Waals surface area contributed by atoms with Crippen LogP contribution in [-0.4, -0.2) is 25.3 Å². The highest BCUT2D eigenvalue weighted by Gasteiger charge is 2.15. The largest absolute Gasteiger partial charge is 0.376 e. The molecule has 0 aliphatic carbocycles. The molecule has 92 valence electrons. The summed E-state index contributed by atoms with van der Waals surface area (Å²) in [5, 5.41) is 5.59. The first-order valence-corrected chi connectivity index (χ1v) is 6.74. The van der Waals surface area contributed by atoms with E-state index < -0.39 is 0 Å². The molecule has 1 aromatic carbocycles. The van der Waals surface area contributed by atoms with Gasteiger partial charge in [-0.1, -0.05) is 0 Å². The van der Waals surface area contributed by atoms with Gasteiger partial charge in [-0.3, -0.25) is 0 Å². The van der Waals surface area contributed by atoms with Crippen LogP contribution in [0.2, 0.25) is 0 Å². The second kappa shape index (κ2) is 6.20. The Morgan fingerprint density at radius 3 is 2.82 bits per heavy atom. The molecular formula is C12H15IN2O2. The average Bonchev–Trinajstić information content (AvgIpc) is 2.83. The highest BCUT2D eigenvalue weighted by Crippen LogP contribution is 2.12. The molecular weight excluding hydrogens is 331 g/mol. The standard InChI is InChI=1S/C12H15IN2O2/c13-9-3-5-10(6-4-9)15-12(16)14-8-11-2-1-7-17-11/h3-6,11H,1-2,7-8H2,(H2,14,15,16). The predicted molar refractivity (Wildman–Crippen MR) is 75.2 cm³/mol. The number of carbonyl (C=O) groups excluding carboxylic acids is 1. The first-order valence-electron chi connectivity index (χ1n) is 5.66. The Balaban J connectivity index is 1.74. The normalized spacial score (nSPS) is 19.0. The zero-order valence-corrected chi connectivity index (χ0v) is 11.6. The first kappa shape index (κ1) is 12.6. The third-order valence-corrected chi connectivity index (χ3v) is 3.34. The van der Waals surface area contributed by atoms with Gasteiger partial charge in [-0.25, -0.2) is 4.79 Å². The molecule has 2 rings (SSSR count). The van der Waals surface area contributed by atoms with E-state index in [1.54, 1.807) is 0 Å². The van der Waals surface area contributed by atoms with Crippen LogP contribution in [0.1, 0.15) is 12.8 Å². The molecule has 1 saturated heterocycles. The van der Waals surface area contributed by atoms with Gasteiger partial charge in [0.2, 0.25) is 0 Å². The van der Waals surface area contributed by atoms with E-state index in [2.05, 4.69) is 33.2 Å². The highest BCUT2D eigenvalue weighted by molar-refractivity contribution is 14.1. The molecule has 1 aliphatic heterocycles. The van der Waals surface area contributed by atoms with Crippen LogP contribution >= 0.6 is 22.6 Å². The summed E-state index contributed by atoms with van der Waals surface area (Å²) < 4.78 is 6.57.